The van der Waals surface area contributed by atoms with Gasteiger partial charge < -0.3 is 4.90 Å². The van der Waals surface area contributed by atoms with Gasteiger partial charge in [-0.05, 0) is 33.9 Å². The summed E-state index contributed by atoms with van der Waals surface area (Å²) in [6.07, 6.45) is 0.902. The van der Waals surface area contributed by atoms with Crippen LogP contribution in [0.25, 0.3) is 0 Å². The van der Waals surface area contributed by atoms with Gasteiger partial charge in [-0.2, -0.15) is 5.26 Å². The molecule has 0 fully saturated rings. The summed E-state index contributed by atoms with van der Waals surface area (Å²) >= 11 is 0. The summed E-state index contributed by atoms with van der Waals surface area (Å²) in [6.45, 7) is 8.27. The molecule has 13 heavy (non-hydrogen) atoms. The van der Waals surface area contributed by atoms with Gasteiger partial charge in [0.15, 0.2) is 0 Å². The maximum atomic E-state index is 8.83. The Hall–Kier alpha value is -0.590. The number of hydrogen-bond acceptors (Lipinski definition) is 3. The van der Waals surface area contributed by atoms with Gasteiger partial charge in [0.1, 0.15) is 0 Å². The third kappa shape index (κ3) is 6.56. The van der Waals surface area contributed by atoms with Gasteiger partial charge in [0.05, 0.1) is 12.1 Å². The highest BCUT2D eigenvalue weighted by atomic mass is 15.1. The van der Waals surface area contributed by atoms with Crippen molar-refractivity contribution in [3.8, 4) is 6.07 Å². The Balaban J connectivity index is 3.67. The summed E-state index contributed by atoms with van der Waals surface area (Å²) in [6, 6.07) is 2.66. The van der Waals surface area contributed by atoms with Gasteiger partial charge in [0.25, 0.3) is 0 Å². The van der Waals surface area contributed by atoms with Crippen molar-refractivity contribution < 1.29 is 0 Å². The van der Waals surface area contributed by atoms with Crippen LogP contribution in [0.2, 0.25) is 0 Å². The van der Waals surface area contributed by atoms with E-state index in [9.17, 15) is 0 Å². The van der Waals surface area contributed by atoms with Crippen molar-refractivity contribution in [2.24, 2.45) is 0 Å². The summed E-state index contributed by atoms with van der Waals surface area (Å²) in [5.74, 6) is 0. The minimum Gasteiger partial charge on any atom is -0.307 e. The number of nitriles is 1. The largest absolute Gasteiger partial charge is 0.307 e. The van der Waals surface area contributed by atoms with Crippen LogP contribution in [-0.4, -0.2) is 37.1 Å². The zero-order valence-corrected chi connectivity index (χ0v) is 9.17. The molecule has 1 unspecified atom stereocenters. The van der Waals surface area contributed by atoms with Crippen LogP contribution in [0.1, 0.15) is 27.2 Å². The summed E-state index contributed by atoms with van der Waals surface area (Å²) in [5.41, 5.74) is 0. The fraction of sp³-hybridized carbons (Fsp3) is 0.900. The maximum Gasteiger partial charge on any atom is 0.0967 e. The van der Waals surface area contributed by atoms with Gasteiger partial charge in [-0.3, -0.25) is 5.32 Å². The molecule has 0 aromatic rings. The third-order valence-corrected chi connectivity index (χ3v) is 2.03. The van der Waals surface area contributed by atoms with Gasteiger partial charge in [-0.15, -0.1) is 0 Å². The molecule has 0 aliphatic heterocycles. The lowest BCUT2D eigenvalue weighted by Gasteiger charge is -2.18. The first-order chi connectivity index (χ1) is 6.10. The molecule has 0 aliphatic rings. The molecule has 0 saturated carbocycles. The van der Waals surface area contributed by atoms with Crippen molar-refractivity contribution in [1.82, 2.24) is 10.2 Å². The minimum atomic E-state index is -0.00556. The first-order valence-electron chi connectivity index (χ1n) is 4.94. The lowest BCUT2D eigenvalue weighted by Crippen LogP contribution is -2.36. The number of nitrogens with one attached hydrogen (secondary N) is 1. The fourth-order valence-electron chi connectivity index (χ4n) is 1.10. The number of hydrogen-bond donors (Lipinski definition) is 1. The Labute approximate surface area is 81.7 Å². The predicted octanol–water partition coefficient (Wildman–Crippen LogP) is 1.22. The second kappa shape index (κ2) is 6.88. The Kier molecular flexibility index (Phi) is 6.56. The van der Waals surface area contributed by atoms with Crippen molar-refractivity contribution in [2.75, 3.05) is 20.1 Å². The van der Waals surface area contributed by atoms with Crippen LogP contribution in [-0.2, 0) is 0 Å². The van der Waals surface area contributed by atoms with Gasteiger partial charge in [-0.25, -0.2) is 0 Å². The zero-order valence-electron chi connectivity index (χ0n) is 9.17. The Morgan fingerprint density at radius 3 is 2.46 bits per heavy atom. The number of nitrogens with zero attached hydrogens (tertiary/aromatic N) is 2. The molecule has 76 valence electrons. The Bertz CT molecular complexity index is 160. The highest BCUT2D eigenvalue weighted by Gasteiger charge is 2.08. The monoisotopic (exact) mass is 183 g/mol. The van der Waals surface area contributed by atoms with E-state index in [0.29, 0.717) is 6.04 Å². The van der Waals surface area contributed by atoms with Crippen molar-refractivity contribution in [2.45, 2.75) is 39.3 Å². The van der Waals surface area contributed by atoms with E-state index in [1.54, 1.807) is 0 Å². The first-order valence-corrected chi connectivity index (χ1v) is 4.94. The summed E-state index contributed by atoms with van der Waals surface area (Å²) in [5, 5.41) is 12.1. The van der Waals surface area contributed by atoms with Gasteiger partial charge in [-0.1, -0.05) is 6.92 Å². The average molecular weight is 183 g/mol. The fourth-order valence-corrected chi connectivity index (χ4v) is 1.10. The molecule has 3 nitrogen and oxygen atoms in total. The highest BCUT2D eigenvalue weighted by Crippen LogP contribution is 1.95. The molecule has 0 aliphatic carbocycles. The molecular weight excluding hydrogens is 162 g/mol. The summed E-state index contributed by atoms with van der Waals surface area (Å²) in [4.78, 5) is 2.21. The highest BCUT2D eigenvalue weighted by molar-refractivity contribution is 4.90. The van der Waals surface area contributed by atoms with E-state index >= 15 is 0 Å². The molecule has 0 radical (unpaired) electrons. The van der Waals surface area contributed by atoms with Crippen molar-refractivity contribution >= 4 is 0 Å². The van der Waals surface area contributed by atoms with Crippen molar-refractivity contribution in [3.63, 3.8) is 0 Å². The molecular formula is C10H21N3. The van der Waals surface area contributed by atoms with E-state index in [1.165, 1.54) is 0 Å². The van der Waals surface area contributed by atoms with Crippen LogP contribution in [0.5, 0.6) is 0 Å². The topological polar surface area (TPSA) is 39.1 Å². The quantitative estimate of drug-likeness (QED) is 0.673. The second-order valence-electron chi connectivity index (χ2n) is 3.69. The van der Waals surface area contributed by atoms with Crippen LogP contribution in [0.3, 0.4) is 0 Å². The molecule has 3 heteroatoms. The molecule has 0 rings (SSSR count). The molecule has 0 amide bonds. The van der Waals surface area contributed by atoms with Crippen LogP contribution in [0.4, 0.5) is 0 Å². The lowest BCUT2D eigenvalue weighted by molar-refractivity contribution is 0.329. The normalized spacial score (nSPS) is 13.3. The van der Waals surface area contributed by atoms with Crippen LogP contribution in [0, 0.1) is 11.3 Å². The standard InChI is InChI=1S/C10H21N3/c1-5-13(4)7-6-10(8-11)12-9(2)3/h9-10,12H,5-7H2,1-4H3. The first kappa shape index (κ1) is 12.4. The number of rotatable bonds is 6. The molecule has 0 aromatic carbocycles. The molecule has 1 atom stereocenters. The smallest absolute Gasteiger partial charge is 0.0967 e. The molecule has 1 N–H and O–H groups in total. The Morgan fingerprint density at radius 2 is 2.08 bits per heavy atom. The SMILES string of the molecule is CCN(C)CCC(C#N)NC(C)C. The van der Waals surface area contributed by atoms with Crippen LogP contribution < -0.4 is 5.32 Å². The van der Waals surface area contributed by atoms with Crippen LogP contribution >= 0.6 is 0 Å². The van der Waals surface area contributed by atoms with Gasteiger partial charge in [0, 0.05) is 12.6 Å². The molecule has 0 saturated heterocycles. The third-order valence-electron chi connectivity index (χ3n) is 2.03. The van der Waals surface area contributed by atoms with E-state index in [0.717, 1.165) is 19.5 Å². The minimum absolute atomic E-state index is 0.00556. The van der Waals surface area contributed by atoms with E-state index in [-0.39, 0.29) is 6.04 Å². The van der Waals surface area contributed by atoms with Gasteiger partial charge in [0.2, 0.25) is 0 Å². The molecule has 0 heterocycles. The molecule has 0 aromatic heterocycles. The van der Waals surface area contributed by atoms with Crippen molar-refractivity contribution in [3.05, 3.63) is 0 Å². The van der Waals surface area contributed by atoms with E-state index in [2.05, 4.69) is 44.1 Å². The Morgan fingerprint density at radius 1 is 1.46 bits per heavy atom. The second-order valence-corrected chi connectivity index (χ2v) is 3.69. The zero-order chi connectivity index (χ0) is 10.3. The predicted molar refractivity (Wildman–Crippen MR) is 55.5 cm³/mol. The maximum absolute atomic E-state index is 8.83. The average Bonchev–Trinajstić information content (AvgIpc) is 2.10. The van der Waals surface area contributed by atoms with Crippen molar-refractivity contribution in [1.29, 1.82) is 5.26 Å². The lowest BCUT2D eigenvalue weighted by atomic mass is 10.2. The molecule has 0 spiro atoms. The van der Waals surface area contributed by atoms with Crippen LogP contribution in [0.15, 0.2) is 0 Å². The summed E-state index contributed by atoms with van der Waals surface area (Å²) < 4.78 is 0. The van der Waals surface area contributed by atoms with E-state index in [4.69, 9.17) is 5.26 Å². The molecule has 0 bridgehead atoms. The summed E-state index contributed by atoms with van der Waals surface area (Å²) in [7, 11) is 2.07. The van der Waals surface area contributed by atoms with E-state index in [1.807, 2.05) is 0 Å². The van der Waals surface area contributed by atoms with E-state index < -0.39 is 0 Å². The van der Waals surface area contributed by atoms with Gasteiger partial charge >= 0.3 is 0 Å².